The molecule has 29 heavy (non-hydrogen) atoms. The van der Waals surface area contributed by atoms with Gasteiger partial charge in [-0.1, -0.05) is 43.8 Å². The van der Waals surface area contributed by atoms with Crippen LogP contribution in [0.2, 0.25) is 0 Å². The van der Waals surface area contributed by atoms with Crippen molar-refractivity contribution in [2.45, 2.75) is 58.7 Å². The van der Waals surface area contributed by atoms with Crippen molar-refractivity contribution in [1.82, 2.24) is 14.8 Å². The molecule has 0 atom stereocenters. The number of aryl methyl sites for hydroxylation is 3. The van der Waals surface area contributed by atoms with Crippen molar-refractivity contribution in [3.63, 3.8) is 0 Å². The Morgan fingerprint density at radius 1 is 1.17 bits per heavy atom. The van der Waals surface area contributed by atoms with Gasteiger partial charge in [0.15, 0.2) is 11.0 Å². The minimum absolute atomic E-state index is 0.0371. The molecule has 0 saturated heterocycles. The van der Waals surface area contributed by atoms with Crippen LogP contribution in [0.3, 0.4) is 0 Å². The lowest BCUT2D eigenvalue weighted by molar-refractivity contribution is -0.113. The van der Waals surface area contributed by atoms with Gasteiger partial charge in [-0.15, -0.1) is 10.2 Å². The van der Waals surface area contributed by atoms with E-state index in [1.165, 1.54) is 11.8 Å². The number of carbonyl (C=O) groups excluding carboxylic acids is 1. The molecule has 0 spiro atoms. The molecule has 2 heterocycles. The van der Waals surface area contributed by atoms with Crippen molar-refractivity contribution in [3.8, 4) is 11.4 Å². The molecule has 0 saturated carbocycles. The van der Waals surface area contributed by atoms with Gasteiger partial charge in [-0.2, -0.15) is 0 Å². The Balaban J connectivity index is 1.77. The Labute approximate surface area is 176 Å². The van der Waals surface area contributed by atoms with Crippen molar-refractivity contribution in [2.24, 2.45) is 0 Å². The maximum absolute atomic E-state index is 12.7. The smallest absolute Gasteiger partial charge is 0.234 e. The number of benzene rings is 1. The number of thioether (sulfide) groups is 1. The highest BCUT2D eigenvalue weighted by Gasteiger charge is 2.20. The number of aromatic nitrogens is 3. The fourth-order valence-electron chi connectivity index (χ4n) is 3.35. The van der Waals surface area contributed by atoms with Crippen LogP contribution in [0.25, 0.3) is 11.4 Å². The third kappa shape index (κ3) is 4.56. The molecular weight excluding hydrogens is 384 g/mol. The van der Waals surface area contributed by atoms with Gasteiger partial charge in [0.1, 0.15) is 5.76 Å². The maximum atomic E-state index is 12.7. The van der Waals surface area contributed by atoms with Gasteiger partial charge >= 0.3 is 0 Å². The SMILES string of the molecule is CCc1cccc(CC)c1NC(=O)CSc1nnc(-c2ccoc2C)n1C(C)C. The van der Waals surface area contributed by atoms with E-state index < -0.39 is 0 Å². The van der Waals surface area contributed by atoms with E-state index in [1.54, 1.807) is 6.26 Å². The van der Waals surface area contributed by atoms with Crippen molar-refractivity contribution >= 4 is 23.4 Å². The topological polar surface area (TPSA) is 73.0 Å². The molecule has 154 valence electrons. The first-order valence-electron chi connectivity index (χ1n) is 9.98. The minimum Gasteiger partial charge on any atom is -0.469 e. The number of hydrogen-bond acceptors (Lipinski definition) is 5. The number of para-hydroxylation sites is 1. The Hall–Kier alpha value is -2.54. The van der Waals surface area contributed by atoms with E-state index in [0.717, 1.165) is 52.0 Å². The van der Waals surface area contributed by atoms with Crippen LogP contribution in [0, 0.1) is 6.92 Å². The second kappa shape index (κ2) is 9.31. The van der Waals surface area contributed by atoms with Crippen LogP contribution in [-0.4, -0.2) is 26.4 Å². The molecule has 0 bridgehead atoms. The van der Waals surface area contributed by atoms with Crippen LogP contribution in [0.1, 0.15) is 50.6 Å². The third-order valence-electron chi connectivity index (χ3n) is 4.88. The molecule has 2 aromatic heterocycles. The largest absolute Gasteiger partial charge is 0.469 e. The lowest BCUT2D eigenvalue weighted by atomic mass is 10.0. The molecular formula is C22H28N4O2S. The average molecular weight is 413 g/mol. The lowest BCUT2D eigenvalue weighted by Gasteiger charge is -2.15. The zero-order chi connectivity index (χ0) is 21.0. The van der Waals surface area contributed by atoms with Crippen LogP contribution in [0.4, 0.5) is 5.69 Å². The fourth-order valence-corrected chi connectivity index (χ4v) is 4.22. The quantitative estimate of drug-likeness (QED) is 0.509. The van der Waals surface area contributed by atoms with Gasteiger partial charge in [0.25, 0.3) is 0 Å². The molecule has 3 rings (SSSR count). The third-order valence-corrected chi connectivity index (χ3v) is 5.82. The molecule has 0 radical (unpaired) electrons. The second-order valence-electron chi connectivity index (χ2n) is 7.16. The lowest BCUT2D eigenvalue weighted by Crippen LogP contribution is -2.17. The zero-order valence-electron chi connectivity index (χ0n) is 17.7. The van der Waals surface area contributed by atoms with Gasteiger partial charge < -0.3 is 9.73 Å². The first-order valence-corrected chi connectivity index (χ1v) is 11.0. The summed E-state index contributed by atoms with van der Waals surface area (Å²) in [5.41, 5.74) is 4.19. The molecule has 1 N–H and O–H groups in total. The van der Waals surface area contributed by atoms with Gasteiger partial charge in [-0.3, -0.25) is 9.36 Å². The molecule has 0 unspecified atom stereocenters. The zero-order valence-corrected chi connectivity index (χ0v) is 18.5. The van der Waals surface area contributed by atoms with E-state index in [4.69, 9.17) is 4.42 Å². The van der Waals surface area contributed by atoms with E-state index in [2.05, 4.69) is 55.3 Å². The standard InChI is InChI=1S/C22H28N4O2S/c1-6-16-9-8-10-17(7-2)20(16)23-19(27)13-29-22-25-24-21(26(22)14(3)4)18-11-12-28-15(18)5/h8-12,14H,6-7,13H2,1-5H3,(H,23,27). The molecule has 3 aromatic rings. The van der Waals surface area contributed by atoms with Crippen molar-refractivity contribution in [3.05, 3.63) is 47.4 Å². The minimum atomic E-state index is -0.0371. The number of nitrogens with one attached hydrogen (secondary N) is 1. The number of carbonyl (C=O) groups is 1. The van der Waals surface area contributed by atoms with E-state index in [1.807, 2.05) is 23.6 Å². The van der Waals surface area contributed by atoms with E-state index in [0.29, 0.717) is 0 Å². The van der Waals surface area contributed by atoms with Gasteiger partial charge in [0.05, 0.1) is 17.6 Å². The summed E-state index contributed by atoms with van der Waals surface area (Å²) in [6, 6.07) is 8.24. The van der Waals surface area contributed by atoms with Gasteiger partial charge in [-0.05, 0) is 50.8 Å². The van der Waals surface area contributed by atoms with Crippen molar-refractivity contribution < 1.29 is 9.21 Å². The van der Waals surface area contributed by atoms with Crippen molar-refractivity contribution in [2.75, 3.05) is 11.1 Å². The molecule has 6 nitrogen and oxygen atoms in total. The first-order chi connectivity index (χ1) is 14.0. The van der Waals surface area contributed by atoms with Crippen LogP contribution in [0.5, 0.6) is 0 Å². The summed E-state index contributed by atoms with van der Waals surface area (Å²) in [4.78, 5) is 12.7. The van der Waals surface area contributed by atoms with E-state index in [-0.39, 0.29) is 17.7 Å². The van der Waals surface area contributed by atoms with Crippen molar-refractivity contribution in [1.29, 1.82) is 0 Å². The molecule has 0 aliphatic heterocycles. The summed E-state index contributed by atoms with van der Waals surface area (Å²) in [6.07, 6.45) is 3.41. The fraction of sp³-hybridized carbons (Fsp3) is 0.409. The van der Waals surface area contributed by atoms with E-state index >= 15 is 0 Å². The van der Waals surface area contributed by atoms with Gasteiger partial charge in [0.2, 0.25) is 5.91 Å². The normalized spacial score (nSPS) is 11.2. The predicted octanol–water partition coefficient (Wildman–Crippen LogP) is 5.28. The Morgan fingerprint density at radius 2 is 1.86 bits per heavy atom. The van der Waals surface area contributed by atoms with E-state index in [9.17, 15) is 4.79 Å². The summed E-state index contributed by atoms with van der Waals surface area (Å²) in [5, 5.41) is 12.5. The maximum Gasteiger partial charge on any atom is 0.234 e. The molecule has 0 fully saturated rings. The molecule has 1 amide bonds. The highest BCUT2D eigenvalue weighted by atomic mass is 32.2. The average Bonchev–Trinajstić information content (AvgIpc) is 3.32. The van der Waals surface area contributed by atoms with Crippen LogP contribution in [0.15, 0.2) is 40.1 Å². The summed E-state index contributed by atoms with van der Waals surface area (Å²) >= 11 is 1.40. The number of anilines is 1. The molecule has 7 heteroatoms. The highest BCUT2D eigenvalue weighted by molar-refractivity contribution is 7.99. The number of nitrogens with zero attached hydrogens (tertiary/aromatic N) is 3. The van der Waals surface area contributed by atoms with Crippen LogP contribution < -0.4 is 5.32 Å². The molecule has 0 aliphatic carbocycles. The van der Waals surface area contributed by atoms with Gasteiger partial charge in [0, 0.05) is 11.7 Å². The summed E-state index contributed by atoms with van der Waals surface area (Å²) in [6.45, 7) is 10.3. The van der Waals surface area contributed by atoms with Gasteiger partial charge in [-0.25, -0.2) is 0 Å². The first kappa shape index (κ1) is 21.2. The van der Waals surface area contributed by atoms with Crippen LogP contribution in [-0.2, 0) is 17.6 Å². The Morgan fingerprint density at radius 3 is 2.41 bits per heavy atom. The Bertz CT molecular complexity index is 968. The number of hydrogen-bond donors (Lipinski definition) is 1. The number of rotatable bonds is 8. The second-order valence-corrected chi connectivity index (χ2v) is 8.10. The predicted molar refractivity (Wildman–Crippen MR) is 117 cm³/mol. The van der Waals surface area contributed by atoms with Crippen LogP contribution >= 0.6 is 11.8 Å². The Kier molecular flexibility index (Phi) is 6.79. The highest BCUT2D eigenvalue weighted by Crippen LogP contribution is 2.30. The summed E-state index contributed by atoms with van der Waals surface area (Å²) in [5.74, 6) is 1.80. The summed E-state index contributed by atoms with van der Waals surface area (Å²) < 4.78 is 7.47. The number of amides is 1. The monoisotopic (exact) mass is 412 g/mol. The molecule has 1 aromatic carbocycles. The number of furan rings is 1. The molecule has 0 aliphatic rings. The summed E-state index contributed by atoms with van der Waals surface area (Å²) in [7, 11) is 0.